The predicted octanol–water partition coefficient (Wildman–Crippen LogP) is 5.16. The summed E-state index contributed by atoms with van der Waals surface area (Å²) in [6.45, 7) is 12.0. The summed E-state index contributed by atoms with van der Waals surface area (Å²) in [5, 5.41) is 8.91. The van der Waals surface area contributed by atoms with E-state index in [1.54, 1.807) is 17.0 Å². The molecule has 2 aromatic rings. The molecular formula is C22H27ClN4O2S. The van der Waals surface area contributed by atoms with E-state index in [2.05, 4.69) is 37.1 Å². The van der Waals surface area contributed by atoms with Crippen LogP contribution in [0.25, 0.3) is 0 Å². The van der Waals surface area contributed by atoms with Crippen LogP contribution in [0.3, 0.4) is 0 Å². The van der Waals surface area contributed by atoms with E-state index in [9.17, 15) is 8.42 Å². The molecular weight excluding hydrogens is 420 g/mol. The van der Waals surface area contributed by atoms with Crippen molar-refractivity contribution in [1.29, 1.82) is 5.41 Å². The highest BCUT2D eigenvalue weighted by Gasteiger charge is 2.33. The van der Waals surface area contributed by atoms with Gasteiger partial charge < -0.3 is 4.90 Å². The summed E-state index contributed by atoms with van der Waals surface area (Å²) >= 11 is 6.09. The first-order valence-electron chi connectivity index (χ1n) is 9.73. The minimum atomic E-state index is -3.89. The summed E-state index contributed by atoms with van der Waals surface area (Å²) in [5.41, 5.74) is 2.05. The van der Waals surface area contributed by atoms with Gasteiger partial charge in [-0.2, -0.15) is 0 Å². The van der Waals surface area contributed by atoms with Crippen LogP contribution in [-0.2, 0) is 15.4 Å². The number of anilines is 1. The lowest BCUT2D eigenvalue weighted by Crippen LogP contribution is -2.32. The summed E-state index contributed by atoms with van der Waals surface area (Å²) < 4.78 is 28.6. The van der Waals surface area contributed by atoms with E-state index < -0.39 is 10.0 Å². The van der Waals surface area contributed by atoms with Gasteiger partial charge in [-0.05, 0) is 48.9 Å². The fraction of sp³-hybridized carbons (Fsp3) is 0.364. The van der Waals surface area contributed by atoms with Gasteiger partial charge in [0.05, 0.1) is 15.6 Å². The van der Waals surface area contributed by atoms with Crippen molar-refractivity contribution in [3.63, 3.8) is 0 Å². The van der Waals surface area contributed by atoms with Gasteiger partial charge in [0.2, 0.25) is 0 Å². The van der Waals surface area contributed by atoms with Crippen LogP contribution in [0.4, 0.5) is 5.69 Å². The van der Waals surface area contributed by atoms with E-state index in [1.165, 1.54) is 12.3 Å². The SMILES string of the molecule is C=C(C)N(C(=N)c1ncc(Cl)cc1NS(=O)(=O)c1ccc(C(C)(C)C)cc1)C1CC1. The number of sulfonamides is 1. The molecule has 160 valence electrons. The lowest BCUT2D eigenvalue weighted by Gasteiger charge is -2.26. The Morgan fingerprint density at radius 2 is 1.87 bits per heavy atom. The fourth-order valence-electron chi connectivity index (χ4n) is 3.18. The zero-order chi connectivity index (χ0) is 22.3. The Bertz CT molecular complexity index is 1090. The van der Waals surface area contributed by atoms with Gasteiger partial charge in [0, 0.05) is 17.9 Å². The molecule has 8 heteroatoms. The second-order valence-corrected chi connectivity index (χ2v) is 10.7. The van der Waals surface area contributed by atoms with Crippen LogP contribution in [-0.4, -0.2) is 30.2 Å². The number of hydrogen-bond donors (Lipinski definition) is 2. The first-order chi connectivity index (χ1) is 13.9. The van der Waals surface area contributed by atoms with Crippen molar-refractivity contribution in [1.82, 2.24) is 9.88 Å². The Morgan fingerprint density at radius 1 is 1.27 bits per heavy atom. The average molecular weight is 447 g/mol. The molecule has 0 radical (unpaired) electrons. The van der Waals surface area contributed by atoms with Gasteiger partial charge in [-0.15, -0.1) is 0 Å². The number of allylic oxidation sites excluding steroid dienone is 1. The van der Waals surface area contributed by atoms with Crippen LogP contribution in [0.2, 0.25) is 5.02 Å². The Labute approximate surface area is 183 Å². The van der Waals surface area contributed by atoms with Crippen molar-refractivity contribution in [2.24, 2.45) is 0 Å². The highest BCUT2D eigenvalue weighted by atomic mass is 35.5. The second kappa shape index (κ2) is 8.04. The molecule has 0 unspecified atom stereocenters. The summed E-state index contributed by atoms with van der Waals surface area (Å²) in [7, 11) is -3.89. The Kier molecular flexibility index (Phi) is 5.98. The van der Waals surface area contributed by atoms with Gasteiger partial charge in [-0.25, -0.2) is 13.4 Å². The molecule has 0 bridgehead atoms. The third-order valence-electron chi connectivity index (χ3n) is 4.92. The van der Waals surface area contributed by atoms with E-state index in [0.29, 0.717) is 5.70 Å². The fourth-order valence-corrected chi connectivity index (χ4v) is 4.39. The molecule has 1 heterocycles. The molecule has 30 heavy (non-hydrogen) atoms. The van der Waals surface area contributed by atoms with E-state index in [1.807, 2.05) is 19.1 Å². The minimum absolute atomic E-state index is 0.0797. The molecule has 0 atom stereocenters. The maximum Gasteiger partial charge on any atom is 0.261 e. The lowest BCUT2D eigenvalue weighted by molar-refractivity contribution is 0.502. The molecule has 1 fully saturated rings. The Hall–Kier alpha value is -2.38. The predicted molar refractivity (Wildman–Crippen MR) is 122 cm³/mol. The highest BCUT2D eigenvalue weighted by molar-refractivity contribution is 7.92. The number of hydrogen-bond acceptors (Lipinski definition) is 4. The number of aromatic nitrogens is 1. The summed E-state index contributed by atoms with van der Waals surface area (Å²) in [4.78, 5) is 6.16. The number of rotatable bonds is 6. The van der Waals surface area contributed by atoms with Crippen molar-refractivity contribution >= 4 is 33.1 Å². The molecule has 2 N–H and O–H groups in total. The van der Waals surface area contributed by atoms with Crippen LogP contribution in [0.5, 0.6) is 0 Å². The molecule has 0 aliphatic heterocycles. The van der Waals surface area contributed by atoms with Gasteiger partial charge in [-0.3, -0.25) is 10.1 Å². The quantitative estimate of drug-likeness (QED) is 0.474. The van der Waals surface area contributed by atoms with E-state index >= 15 is 0 Å². The number of benzene rings is 1. The number of pyridine rings is 1. The zero-order valence-electron chi connectivity index (χ0n) is 17.7. The van der Waals surface area contributed by atoms with Crippen molar-refractivity contribution in [2.75, 3.05) is 4.72 Å². The zero-order valence-corrected chi connectivity index (χ0v) is 19.2. The van der Waals surface area contributed by atoms with Crippen molar-refractivity contribution in [3.8, 4) is 0 Å². The third-order valence-corrected chi connectivity index (χ3v) is 6.51. The third kappa shape index (κ3) is 4.84. The smallest absolute Gasteiger partial charge is 0.261 e. The van der Waals surface area contributed by atoms with Gasteiger partial charge in [0.1, 0.15) is 5.69 Å². The van der Waals surface area contributed by atoms with Crippen LogP contribution in [0.15, 0.2) is 53.7 Å². The topological polar surface area (TPSA) is 86.2 Å². The number of nitrogens with zero attached hydrogens (tertiary/aromatic N) is 2. The van der Waals surface area contributed by atoms with Gasteiger partial charge in [0.15, 0.2) is 5.84 Å². The normalized spacial score (nSPS) is 14.3. The van der Waals surface area contributed by atoms with Gasteiger partial charge in [0.25, 0.3) is 10.0 Å². The minimum Gasteiger partial charge on any atom is -0.327 e. The number of halogens is 1. The van der Waals surface area contributed by atoms with Gasteiger partial charge in [-0.1, -0.05) is 51.1 Å². The summed E-state index contributed by atoms with van der Waals surface area (Å²) in [6, 6.07) is 8.45. The van der Waals surface area contributed by atoms with E-state index in [0.717, 1.165) is 18.4 Å². The van der Waals surface area contributed by atoms with Crippen molar-refractivity contribution in [2.45, 2.75) is 56.9 Å². The average Bonchev–Trinajstić information content (AvgIpc) is 3.45. The molecule has 3 rings (SSSR count). The van der Waals surface area contributed by atoms with Gasteiger partial charge >= 0.3 is 0 Å². The van der Waals surface area contributed by atoms with Crippen molar-refractivity contribution < 1.29 is 8.42 Å². The molecule has 1 aliphatic carbocycles. The second-order valence-electron chi connectivity index (χ2n) is 8.61. The number of amidine groups is 1. The molecule has 1 aliphatic rings. The molecule has 0 spiro atoms. The summed E-state index contributed by atoms with van der Waals surface area (Å²) in [5.74, 6) is 0.0995. The first kappa shape index (κ1) is 22.3. The lowest BCUT2D eigenvalue weighted by atomic mass is 9.87. The summed E-state index contributed by atoms with van der Waals surface area (Å²) in [6.07, 6.45) is 3.33. The van der Waals surface area contributed by atoms with Crippen molar-refractivity contribution in [3.05, 3.63) is 65.1 Å². The van der Waals surface area contributed by atoms with E-state index in [-0.39, 0.29) is 38.6 Å². The van der Waals surface area contributed by atoms with Crippen LogP contribution < -0.4 is 4.72 Å². The maximum atomic E-state index is 13.0. The standard InChI is InChI=1S/C22H27ClN4O2S/c1-14(2)27(17-8-9-17)21(24)20-19(12-16(23)13-25-20)26-30(28,29)18-10-6-15(7-11-18)22(3,4)5/h6-7,10-13,17,24,26H,1,8-9H2,2-5H3. The Balaban J connectivity index is 1.95. The van der Waals surface area contributed by atoms with Crippen LogP contribution >= 0.6 is 11.6 Å². The molecule has 0 saturated heterocycles. The molecule has 1 aromatic heterocycles. The Morgan fingerprint density at radius 3 is 2.37 bits per heavy atom. The molecule has 1 saturated carbocycles. The highest BCUT2D eigenvalue weighted by Crippen LogP contribution is 2.33. The van der Waals surface area contributed by atoms with E-state index in [4.69, 9.17) is 17.0 Å². The van der Waals surface area contributed by atoms with Crippen LogP contribution in [0.1, 0.15) is 51.8 Å². The molecule has 1 aromatic carbocycles. The molecule has 0 amide bonds. The van der Waals surface area contributed by atoms with Crippen LogP contribution in [0, 0.1) is 5.41 Å². The largest absolute Gasteiger partial charge is 0.327 e. The monoisotopic (exact) mass is 446 g/mol. The number of nitrogens with one attached hydrogen (secondary N) is 2. The maximum absolute atomic E-state index is 13.0. The molecule has 6 nitrogen and oxygen atoms in total. The first-order valence-corrected chi connectivity index (χ1v) is 11.6.